The average Bonchev–Trinajstić information content (AvgIpc) is 2.28. The van der Waals surface area contributed by atoms with E-state index in [0.717, 1.165) is 0 Å². The van der Waals surface area contributed by atoms with Gasteiger partial charge >= 0.3 is 5.97 Å². The lowest BCUT2D eigenvalue weighted by Crippen LogP contribution is -2.59. The Morgan fingerprint density at radius 1 is 1.50 bits per heavy atom. The highest BCUT2D eigenvalue weighted by Crippen LogP contribution is 2.06. The molecule has 0 aromatic carbocycles. The van der Waals surface area contributed by atoms with E-state index in [0.29, 0.717) is 0 Å². The van der Waals surface area contributed by atoms with Crippen LogP contribution in [0, 0.1) is 5.92 Å². The summed E-state index contributed by atoms with van der Waals surface area (Å²) in [5.74, 6) is -1.35. The minimum absolute atomic E-state index is 0.0308. The molecule has 1 heterocycles. The highest BCUT2D eigenvalue weighted by molar-refractivity contribution is 5.87. The van der Waals surface area contributed by atoms with Gasteiger partial charge in [0.2, 0.25) is 11.8 Å². The van der Waals surface area contributed by atoms with E-state index in [1.54, 1.807) is 0 Å². The van der Waals surface area contributed by atoms with E-state index in [4.69, 9.17) is 5.11 Å². The Balaban J connectivity index is 2.50. The zero-order valence-corrected chi connectivity index (χ0v) is 10.5. The minimum atomic E-state index is -0.945. The van der Waals surface area contributed by atoms with Gasteiger partial charge in [0.25, 0.3) is 0 Å². The van der Waals surface area contributed by atoms with Gasteiger partial charge in [0.15, 0.2) is 0 Å². The largest absolute Gasteiger partial charge is 0.481 e. The molecule has 0 saturated carbocycles. The molecule has 2 unspecified atom stereocenters. The van der Waals surface area contributed by atoms with Crippen LogP contribution in [-0.2, 0) is 14.4 Å². The molecule has 1 aliphatic heterocycles. The van der Waals surface area contributed by atoms with E-state index in [-0.39, 0.29) is 37.2 Å². The summed E-state index contributed by atoms with van der Waals surface area (Å²) in [6.45, 7) is 4.03. The number of carboxylic acid groups (broad SMARTS) is 1. The van der Waals surface area contributed by atoms with Crippen LogP contribution in [0.1, 0.15) is 20.3 Å². The molecule has 0 aromatic rings. The Kier molecular flexibility index (Phi) is 5.08. The van der Waals surface area contributed by atoms with Gasteiger partial charge in [-0.25, -0.2) is 0 Å². The summed E-state index contributed by atoms with van der Waals surface area (Å²) >= 11 is 0. The van der Waals surface area contributed by atoms with E-state index in [2.05, 4.69) is 16.0 Å². The van der Waals surface area contributed by atoms with Gasteiger partial charge in [0.05, 0.1) is 13.0 Å². The third-order valence-corrected chi connectivity index (χ3v) is 2.86. The molecular formula is C11H19N3O4. The van der Waals surface area contributed by atoms with Gasteiger partial charge in [0.1, 0.15) is 6.04 Å². The van der Waals surface area contributed by atoms with Gasteiger partial charge in [0, 0.05) is 12.6 Å². The fraction of sp³-hybridized carbons (Fsp3) is 0.727. The first-order chi connectivity index (χ1) is 8.40. The summed E-state index contributed by atoms with van der Waals surface area (Å²) in [7, 11) is 0. The summed E-state index contributed by atoms with van der Waals surface area (Å²) in [6.07, 6.45) is -0.109. The Morgan fingerprint density at radius 3 is 2.61 bits per heavy atom. The molecule has 2 atom stereocenters. The molecule has 7 heteroatoms. The second-order valence-electron chi connectivity index (χ2n) is 4.69. The van der Waals surface area contributed by atoms with Crippen LogP contribution >= 0.6 is 0 Å². The zero-order valence-electron chi connectivity index (χ0n) is 10.5. The predicted octanol–water partition coefficient (Wildman–Crippen LogP) is -1.31. The van der Waals surface area contributed by atoms with Crippen LogP contribution in [0.5, 0.6) is 0 Å². The van der Waals surface area contributed by atoms with Gasteiger partial charge in [-0.05, 0) is 5.92 Å². The number of amides is 2. The first-order valence-corrected chi connectivity index (χ1v) is 5.92. The molecule has 0 aliphatic carbocycles. The molecule has 1 aliphatic rings. The number of nitrogens with one attached hydrogen (secondary N) is 3. The average molecular weight is 257 g/mol. The third kappa shape index (κ3) is 4.33. The molecule has 0 spiro atoms. The zero-order chi connectivity index (χ0) is 13.7. The first kappa shape index (κ1) is 14.4. The number of hydrogen-bond donors (Lipinski definition) is 4. The number of carbonyl (C=O) groups excluding carboxylic acids is 2. The molecule has 0 radical (unpaired) electrons. The number of piperazine rings is 1. The van der Waals surface area contributed by atoms with Crippen LogP contribution < -0.4 is 16.0 Å². The fourth-order valence-electron chi connectivity index (χ4n) is 1.68. The van der Waals surface area contributed by atoms with Gasteiger partial charge < -0.3 is 15.7 Å². The molecule has 1 saturated heterocycles. The van der Waals surface area contributed by atoms with Gasteiger partial charge in [-0.3, -0.25) is 19.7 Å². The Labute approximate surface area is 105 Å². The van der Waals surface area contributed by atoms with Crippen LogP contribution in [0.15, 0.2) is 0 Å². The minimum Gasteiger partial charge on any atom is -0.481 e. The van der Waals surface area contributed by atoms with Crippen molar-refractivity contribution in [3.8, 4) is 0 Å². The molecule has 102 valence electrons. The SMILES string of the molecule is CC(C)C(CC(=O)O)NC(=O)C1CNC(=O)CN1. The Morgan fingerprint density at radius 2 is 2.17 bits per heavy atom. The molecule has 0 aromatic heterocycles. The van der Waals surface area contributed by atoms with Gasteiger partial charge in [-0.15, -0.1) is 0 Å². The highest BCUT2D eigenvalue weighted by atomic mass is 16.4. The molecule has 18 heavy (non-hydrogen) atoms. The van der Waals surface area contributed by atoms with Crippen LogP contribution in [0.3, 0.4) is 0 Å². The van der Waals surface area contributed by atoms with E-state index in [1.165, 1.54) is 0 Å². The van der Waals surface area contributed by atoms with Crippen molar-refractivity contribution >= 4 is 17.8 Å². The molecule has 0 bridgehead atoms. The number of hydrogen-bond acceptors (Lipinski definition) is 4. The first-order valence-electron chi connectivity index (χ1n) is 5.92. The van der Waals surface area contributed by atoms with Crippen molar-refractivity contribution in [3.05, 3.63) is 0 Å². The van der Waals surface area contributed by atoms with Crippen molar-refractivity contribution in [2.75, 3.05) is 13.1 Å². The summed E-state index contributed by atoms with van der Waals surface area (Å²) in [4.78, 5) is 33.5. The molecule has 7 nitrogen and oxygen atoms in total. The highest BCUT2D eigenvalue weighted by Gasteiger charge is 2.27. The van der Waals surface area contributed by atoms with Crippen molar-refractivity contribution in [1.29, 1.82) is 0 Å². The Bertz CT molecular complexity index is 333. The third-order valence-electron chi connectivity index (χ3n) is 2.86. The molecular weight excluding hydrogens is 238 g/mol. The second kappa shape index (κ2) is 6.34. The summed E-state index contributed by atoms with van der Waals surface area (Å²) in [6, 6.07) is -0.910. The summed E-state index contributed by atoms with van der Waals surface area (Å²) in [5.41, 5.74) is 0. The number of carboxylic acids is 1. The van der Waals surface area contributed by atoms with Crippen LogP contribution in [0.4, 0.5) is 0 Å². The van der Waals surface area contributed by atoms with E-state index in [1.807, 2.05) is 13.8 Å². The van der Waals surface area contributed by atoms with E-state index >= 15 is 0 Å². The maximum atomic E-state index is 11.9. The summed E-state index contributed by atoms with van der Waals surface area (Å²) < 4.78 is 0. The summed E-state index contributed by atoms with van der Waals surface area (Å²) in [5, 5.41) is 16.8. The predicted molar refractivity (Wildman–Crippen MR) is 63.8 cm³/mol. The molecule has 1 rings (SSSR count). The maximum absolute atomic E-state index is 11.9. The lowest BCUT2D eigenvalue weighted by atomic mass is 10.0. The lowest BCUT2D eigenvalue weighted by molar-refractivity contribution is -0.138. The van der Waals surface area contributed by atoms with Crippen molar-refractivity contribution in [3.63, 3.8) is 0 Å². The fourth-order valence-corrected chi connectivity index (χ4v) is 1.68. The quantitative estimate of drug-likeness (QED) is 0.489. The van der Waals surface area contributed by atoms with Crippen molar-refractivity contribution in [1.82, 2.24) is 16.0 Å². The number of carbonyl (C=O) groups is 3. The molecule has 1 fully saturated rings. The van der Waals surface area contributed by atoms with Crippen LogP contribution in [0.25, 0.3) is 0 Å². The van der Waals surface area contributed by atoms with E-state index < -0.39 is 18.1 Å². The smallest absolute Gasteiger partial charge is 0.305 e. The van der Waals surface area contributed by atoms with Crippen molar-refractivity contribution < 1.29 is 19.5 Å². The maximum Gasteiger partial charge on any atom is 0.305 e. The standard InChI is InChI=1S/C11H19N3O4/c1-6(2)7(3-10(16)17)14-11(18)8-4-13-9(15)5-12-8/h6-8,12H,3-5H2,1-2H3,(H,13,15)(H,14,18)(H,16,17). The van der Waals surface area contributed by atoms with Crippen LogP contribution in [0.2, 0.25) is 0 Å². The molecule has 2 amide bonds. The van der Waals surface area contributed by atoms with Gasteiger partial charge in [-0.2, -0.15) is 0 Å². The molecule has 4 N–H and O–H groups in total. The number of rotatable bonds is 5. The number of aliphatic carboxylic acids is 1. The Hall–Kier alpha value is -1.63. The van der Waals surface area contributed by atoms with Crippen molar-refractivity contribution in [2.45, 2.75) is 32.4 Å². The van der Waals surface area contributed by atoms with Crippen LogP contribution in [-0.4, -0.2) is 48.1 Å². The second-order valence-corrected chi connectivity index (χ2v) is 4.69. The van der Waals surface area contributed by atoms with Gasteiger partial charge in [-0.1, -0.05) is 13.8 Å². The monoisotopic (exact) mass is 257 g/mol. The topological polar surface area (TPSA) is 108 Å². The normalized spacial score (nSPS) is 21.3. The van der Waals surface area contributed by atoms with E-state index in [9.17, 15) is 14.4 Å². The lowest BCUT2D eigenvalue weighted by Gasteiger charge is -2.27. The van der Waals surface area contributed by atoms with Crippen molar-refractivity contribution in [2.24, 2.45) is 5.92 Å².